The minimum Gasteiger partial charge on any atom is -0.478 e. The Hall–Kier alpha value is -1.88. The first kappa shape index (κ1) is 11.6. The van der Waals surface area contributed by atoms with Crippen molar-refractivity contribution in [1.82, 2.24) is 9.55 Å². The average molecular weight is 234 g/mol. The number of fused-ring (bicyclic) bond motifs is 1. The molecule has 2 heterocycles. The van der Waals surface area contributed by atoms with Gasteiger partial charge in [0.1, 0.15) is 0 Å². The molecule has 2 rings (SSSR count). The molecule has 0 radical (unpaired) electrons. The molecule has 0 bridgehead atoms. The predicted molar refractivity (Wildman–Crippen MR) is 63.3 cm³/mol. The monoisotopic (exact) mass is 234 g/mol. The molecular weight excluding hydrogens is 220 g/mol. The molecule has 0 saturated carbocycles. The van der Waals surface area contributed by atoms with E-state index in [-0.39, 0.29) is 0 Å². The molecule has 0 saturated heterocycles. The van der Waals surface area contributed by atoms with Crippen LogP contribution in [0.4, 0.5) is 0 Å². The Labute approximate surface area is 98.6 Å². The quantitative estimate of drug-likeness (QED) is 0.874. The summed E-state index contributed by atoms with van der Waals surface area (Å²) in [7, 11) is 1.62. The van der Waals surface area contributed by atoms with Gasteiger partial charge in [-0.25, -0.2) is 4.79 Å². The van der Waals surface area contributed by atoms with E-state index in [1.165, 1.54) is 0 Å². The fraction of sp³-hybridized carbons (Fsp3) is 0.333. The third-order valence-corrected chi connectivity index (χ3v) is 2.74. The van der Waals surface area contributed by atoms with Gasteiger partial charge in [0.25, 0.3) is 0 Å². The summed E-state index contributed by atoms with van der Waals surface area (Å²) in [5.74, 6) is -0.920. The Balaban J connectivity index is 2.63. The molecule has 0 fully saturated rings. The topological polar surface area (TPSA) is 64.3 Å². The Morgan fingerprint density at radius 3 is 3.00 bits per heavy atom. The van der Waals surface area contributed by atoms with E-state index in [0.717, 1.165) is 16.6 Å². The van der Waals surface area contributed by atoms with Crippen molar-refractivity contribution < 1.29 is 14.6 Å². The van der Waals surface area contributed by atoms with E-state index in [1.54, 1.807) is 25.6 Å². The number of aromatic nitrogens is 2. The molecule has 0 aliphatic carbocycles. The summed E-state index contributed by atoms with van der Waals surface area (Å²) >= 11 is 0. The highest BCUT2D eigenvalue weighted by atomic mass is 16.5. The second-order valence-corrected chi connectivity index (χ2v) is 3.83. The van der Waals surface area contributed by atoms with Crippen molar-refractivity contribution in [2.45, 2.75) is 13.5 Å². The zero-order valence-electron chi connectivity index (χ0n) is 9.80. The number of rotatable bonds is 4. The lowest BCUT2D eigenvalue weighted by Crippen LogP contribution is -2.04. The number of hydrogen-bond donors (Lipinski definition) is 1. The predicted octanol–water partition coefficient (Wildman–Crippen LogP) is 1.69. The van der Waals surface area contributed by atoms with Gasteiger partial charge >= 0.3 is 5.97 Å². The summed E-state index contributed by atoms with van der Waals surface area (Å²) in [6.07, 6.45) is 3.27. The van der Waals surface area contributed by atoms with Crippen LogP contribution in [-0.4, -0.2) is 34.3 Å². The van der Waals surface area contributed by atoms with Crippen molar-refractivity contribution in [3.8, 4) is 0 Å². The van der Waals surface area contributed by atoms with Gasteiger partial charge in [0, 0.05) is 31.4 Å². The van der Waals surface area contributed by atoms with Gasteiger partial charge < -0.3 is 14.4 Å². The molecule has 1 N–H and O–H groups in total. The van der Waals surface area contributed by atoms with Crippen molar-refractivity contribution in [2.24, 2.45) is 0 Å². The molecule has 5 heteroatoms. The number of carboxylic acids is 1. The summed E-state index contributed by atoms with van der Waals surface area (Å²) in [5.41, 5.74) is 2.00. The highest BCUT2D eigenvalue weighted by molar-refractivity contribution is 6.03. The number of aromatic carboxylic acids is 1. The lowest BCUT2D eigenvalue weighted by molar-refractivity contribution is 0.0698. The van der Waals surface area contributed by atoms with Gasteiger partial charge in [-0.1, -0.05) is 0 Å². The summed E-state index contributed by atoms with van der Waals surface area (Å²) in [5, 5.41) is 9.87. The number of aryl methyl sites for hydroxylation is 1. The van der Waals surface area contributed by atoms with Crippen molar-refractivity contribution in [1.29, 1.82) is 0 Å². The maximum Gasteiger partial charge on any atom is 0.337 e. The zero-order chi connectivity index (χ0) is 12.4. The Bertz CT molecular complexity index is 560. The van der Waals surface area contributed by atoms with Gasteiger partial charge in [0.05, 0.1) is 23.4 Å². The number of ether oxygens (including phenoxy) is 1. The van der Waals surface area contributed by atoms with Crippen LogP contribution in [0.2, 0.25) is 0 Å². The molecule has 2 aromatic rings. The van der Waals surface area contributed by atoms with Crippen LogP contribution in [0.1, 0.15) is 16.1 Å². The first-order valence-corrected chi connectivity index (χ1v) is 5.32. The molecule has 0 aliphatic heterocycles. The third kappa shape index (κ3) is 2.01. The normalized spacial score (nSPS) is 10.9. The largest absolute Gasteiger partial charge is 0.478 e. The molecule has 0 aliphatic rings. The lowest BCUT2D eigenvalue weighted by Gasteiger charge is -2.05. The van der Waals surface area contributed by atoms with Crippen LogP contribution in [0, 0.1) is 6.92 Å². The SMILES string of the molecule is COCCn1cc(C(=O)O)c2ccnc(C)c21. The minimum atomic E-state index is -0.920. The molecule has 0 atom stereocenters. The number of hydrogen-bond acceptors (Lipinski definition) is 3. The summed E-state index contributed by atoms with van der Waals surface area (Å²) in [6.45, 7) is 3.03. The maximum absolute atomic E-state index is 11.1. The Morgan fingerprint density at radius 2 is 2.35 bits per heavy atom. The van der Waals surface area contributed by atoms with Crippen LogP contribution in [0.15, 0.2) is 18.5 Å². The van der Waals surface area contributed by atoms with Gasteiger partial charge in [0.2, 0.25) is 0 Å². The standard InChI is InChI=1S/C12H14N2O3/c1-8-11-9(3-4-13-8)10(12(15)16)7-14(11)5-6-17-2/h3-4,7H,5-6H2,1-2H3,(H,15,16). The average Bonchev–Trinajstić information content (AvgIpc) is 2.67. The van der Waals surface area contributed by atoms with E-state index in [1.807, 2.05) is 11.5 Å². The van der Waals surface area contributed by atoms with Crippen molar-refractivity contribution >= 4 is 16.9 Å². The zero-order valence-corrected chi connectivity index (χ0v) is 9.80. The summed E-state index contributed by atoms with van der Waals surface area (Å²) in [6, 6.07) is 1.73. The van der Waals surface area contributed by atoms with Crippen molar-refractivity contribution in [3.63, 3.8) is 0 Å². The molecule has 5 nitrogen and oxygen atoms in total. The molecule has 0 unspecified atom stereocenters. The molecule has 0 aromatic carbocycles. The molecular formula is C12H14N2O3. The fourth-order valence-corrected chi connectivity index (χ4v) is 1.96. The van der Waals surface area contributed by atoms with Crippen LogP contribution in [0.25, 0.3) is 10.9 Å². The van der Waals surface area contributed by atoms with Crippen LogP contribution in [-0.2, 0) is 11.3 Å². The van der Waals surface area contributed by atoms with Crippen molar-refractivity contribution in [2.75, 3.05) is 13.7 Å². The van der Waals surface area contributed by atoms with E-state index in [2.05, 4.69) is 4.98 Å². The van der Waals surface area contributed by atoms with Gasteiger partial charge in [-0.2, -0.15) is 0 Å². The molecule has 2 aromatic heterocycles. The summed E-state index contributed by atoms with van der Waals surface area (Å²) < 4.78 is 6.90. The van der Waals surface area contributed by atoms with Gasteiger partial charge in [-0.3, -0.25) is 4.98 Å². The number of carboxylic acid groups (broad SMARTS) is 1. The Morgan fingerprint density at radius 1 is 1.59 bits per heavy atom. The number of pyridine rings is 1. The Kier molecular flexibility index (Phi) is 3.10. The first-order valence-electron chi connectivity index (χ1n) is 5.32. The third-order valence-electron chi connectivity index (χ3n) is 2.74. The summed E-state index contributed by atoms with van der Waals surface area (Å²) in [4.78, 5) is 15.3. The molecule has 17 heavy (non-hydrogen) atoms. The maximum atomic E-state index is 11.1. The molecule has 0 amide bonds. The fourth-order valence-electron chi connectivity index (χ4n) is 1.96. The van der Waals surface area contributed by atoms with Gasteiger partial charge in [-0.05, 0) is 13.0 Å². The van der Waals surface area contributed by atoms with Crippen LogP contribution in [0.3, 0.4) is 0 Å². The number of methoxy groups -OCH3 is 1. The number of carbonyl (C=O) groups is 1. The van der Waals surface area contributed by atoms with Gasteiger partial charge in [-0.15, -0.1) is 0 Å². The smallest absolute Gasteiger partial charge is 0.337 e. The van der Waals surface area contributed by atoms with Crippen molar-refractivity contribution in [3.05, 3.63) is 29.7 Å². The highest BCUT2D eigenvalue weighted by Crippen LogP contribution is 2.23. The van der Waals surface area contributed by atoms with E-state index in [9.17, 15) is 4.79 Å². The second-order valence-electron chi connectivity index (χ2n) is 3.83. The lowest BCUT2D eigenvalue weighted by atomic mass is 10.2. The first-order chi connectivity index (χ1) is 8.15. The minimum absolute atomic E-state index is 0.307. The molecule has 90 valence electrons. The van der Waals surface area contributed by atoms with Crippen LogP contribution >= 0.6 is 0 Å². The van der Waals surface area contributed by atoms with E-state index in [4.69, 9.17) is 9.84 Å². The van der Waals surface area contributed by atoms with E-state index >= 15 is 0 Å². The second kappa shape index (κ2) is 4.55. The molecule has 0 spiro atoms. The highest BCUT2D eigenvalue weighted by Gasteiger charge is 2.15. The van der Waals surface area contributed by atoms with E-state index < -0.39 is 5.97 Å². The van der Waals surface area contributed by atoms with Crippen LogP contribution in [0.5, 0.6) is 0 Å². The number of nitrogens with zero attached hydrogens (tertiary/aromatic N) is 2. The van der Waals surface area contributed by atoms with Gasteiger partial charge in [0.15, 0.2) is 0 Å². The van der Waals surface area contributed by atoms with E-state index in [0.29, 0.717) is 18.7 Å². The van der Waals surface area contributed by atoms with Crippen LogP contribution < -0.4 is 0 Å².